The minimum absolute atomic E-state index is 0.0278. The number of quaternary nitrogens is 1. The number of nitrogens with zero attached hydrogens (tertiary/aromatic N) is 1. The second kappa shape index (κ2) is 3.01. The van der Waals surface area contributed by atoms with Crippen molar-refractivity contribution in [2.75, 3.05) is 27.7 Å². The second-order valence-corrected chi connectivity index (χ2v) is 3.78. The van der Waals surface area contributed by atoms with Crippen molar-refractivity contribution in [3.63, 3.8) is 0 Å². The zero-order valence-electron chi connectivity index (χ0n) is 7.22. The fourth-order valence-electron chi connectivity index (χ4n) is 0.912. The zero-order valence-corrected chi connectivity index (χ0v) is 7.22. The van der Waals surface area contributed by atoms with E-state index in [-0.39, 0.29) is 11.8 Å². The molecule has 0 rings (SSSR count). The zero-order chi connectivity index (χ0) is 8.36. The smallest absolute Gasteiger partial charge is 0.225 e. The largest absolute Gasteiger partial charge is 0.369 e. The van der Waals surface area contributed by atoms with Crippen LogP contribution in [-0.4, -0.2) is 38.1 Å². The fourth-order valence-corrected chi connectivity index (χ4v) is 0.912. The average molecular weight is 145 g/mol. The van der Waals surface area contributed by atoms with Gasteiger partial charge < -0.3 is 10.2 Å². The SMILES string of the molecule is CC(C[N+](C)(C)C)C(N)=O. The number of carbonyl (C=O) groups excluding carboxylic acids is 1. The van der Waals surface area contributed by atoms with Gasteiger partial charge in [0.2, 0.25) is 5.91 Å². The first-order chi connectivity index (χ1) is 4.33. The molecule has 0 aromatic heterocycles. The van der Waals surface area contributed by atoms with E-state index in [0.717, 1.165) is 11.0 Å². The Balaban J connectivity index is 3.80. The molecule has 3 nitrogen and oxygen atoms in total. The van der Waals surface area contributed by atoms with Crippen molar-refractivity contribution in [1.82, 2.24) is 0 Å². The number of amides is 1. The van der Waals surface area contributed by atoms with Gasteiger partial charge in [-0.25, -0.2) is 0 Å². The van der Waals surface area contributed by atoms with Gasteiger partial charge in [-0.3, -0.25) is 4.79 Å². The molecule has 1 unspecified atom stereocenters. The molecule has 0 bridgehead atoms. The van der Waals surface area contributed by atoms with E-state index in [0.29, 0.717) is 0 Å². The number of rotatable bonds is 3. The quantitative estimate of drug-likeness (QED) is 0.550. The van der Waals surface area contributed by atoms with E-state index in [2.05, 4.69) is 0 Å². The van der Waals surface area contributed by atoms with E-state index in [4.69, 9.17) is 5.73 Å². The lowest BCUT2D eigenvalue weighted by atomic mass is 10.1. The van der Waals surface area contributed by atoms with Crippen molar-refractivity contribution in [2.24, 2.45) is 11.7 Å². The predicted molar refractivity (Wildman–Crippen MR) is 41.3 cm³/mol. The molecular weight excluding hydrogens is 128 g/mol. The summed E-state index contributed by atoms with van der Waals surface area (Å²) in [7, 11) is 6.12. The summed E-state index contributed by atoms with van der Waals surface area (Å²) in [5.41, 5.74) is 5.09. The molecule has 0 fully saturated rings. The highest BCUT2D eigenvalue weighted by Gasteiger charge is 2.17. The molecule has 0 aromatic rings. The van der Waals surface area contributed by atoms with E-state index < -0.39 is 0 Å². The van der Waals surface area contributed by atoms with Crippen LogP contribution in [0.4, 0.5) is 0 Å². The van der Waals surface area contributed by atoms with Crippen molar-refractivity contribution < 1.29 is 9.28 Å². The summed E-state index contributed by atoms with van der Waals surface area (Å²) in [4.78, 5) is 10.6. The number of primary amides is 1. The molecule has 0 aromatic carbocycles. The molecule has 1 atom stereocenters. The molecule has 0 saturated carbocycles. The number of hydrogen-bond acceptors (Lipinski definition) is 1. The highest BCUT2D eigenvalue weighted by molar-refractivity contribution is 5.76. The maximum absolute atomic E-state index is 10.6. The second-order valence-electron chi connectivity index (χ2n) is 3.78. The minimum Gasteiger partial charge on any atom is -0.369 e. The molecule has 0 aliphatic carbocycles. The van der Waals surface area contributed by atoms with Crippen LogP contribution < -0.4 is 5.73 Å². The molecule has 0 radical (unpaired) electrons. The maximum atomic E-state index is 10.6. The Hall–Kier alpha value is -0.570. The molecule has 10 heavy (non-hydrogen) atoms. The van der Waals surface area contributed by atoms with Crippen LogP contribution in [0.15, 0.2) is 0 Å². The Bertz CT molecular complexity index is 126. The van der Waals surface area contributed by atoms with Gasteiger partial charge in [0, 0.05) is 0 Å². The Kier molecular flexibility index (Phi) is 2.84. The summed E-state index contributed by atoms with van der Waals surface area (Å²) in [6.07, 6.45) is 0. The van der Waals surface area contributed by atoms with Gasteiger partial charge in [0.25, 0.3) is 0 Å². The van der Waals surface area contributed by atoms with Crippen LogP contribution in [0.3, 0.4) is 0 Å². The Labute approximate surface area is 62.4 Å². The van der Waals surface area contributed by atoms with Crippen LogP contribution in [0.25, 0.3) is 0 Å². The van der Waals surface area contributed by atoms with Crippen LogP contribution in [0.2, 0.25) is 0 Å². The van der Waals surface area contributed by atoms with Gasteiger partial charge >= 0.3 is 0 Å². The van der Waals surface area contributed by atoms with Gasteiger partial charge in [-0.05, 0) is 6.92 Å². The van der Waals surface area contributed by atoms with Gasteiger partial charge in [0.05, 0.1) is 33.6 Å². The predicted octanol–water partition coefficient (Wildman–Crippen LogP) is -0.186. The molecule has 2 N–H and O–H groups in total. The number of carbonyl (C=O) groups is 1. The van der Waals surface area contributed by atoms with Crippen LogP contribution in [0.1, 0.15) is 6.92 Å². The van der Waals surface area contributed by atoms with E-state index in [9.17, 15) is 4.79 Å². The van der Waals surface area contributed by atoms with Crippen molar-refractivity contribution in [1.29, 1.82) is 0 Å². The van der Waals surface area contributed by atoms with Gasteiger partial charge in [-0.1, -0.05) is 0 Å². The summed E-state index contributed by atoms with van der Waals surface area (Å²) in [6.45, 7) is 2.65. The van der Waals surface area contributed by atoms with Crippen molar-refractivity contribution >= 4 is 5.91 Å². The number of nitrogens with two attached hydrogens (primary N) is 1. The van der Waals surface area contributed by atoms with Gasteiger partial charge in [-0.2, -0.15) is 0 Å². The summed E-state index contributed by atoms with van der Waals surface area (Å²) < 4.78 is 0.782. The Morgan fingerprint density at radius 1 is 1.50 bits per heavy atom. The molecule has 1 amide bonds. The Morgan fingerprint density at radius 2 is 1.90 bits per heavy atom. The lowest BCUT2D eigenvalue weighted by molar-refractivity contribution is -0.872. The molecule has 0 spiro atoms. The molecule has 3 heteroatoms. The highest BCUT2D eigenvalue weighted by atomic mass is 16.1. The monoisotopic (exact) mass is 145 g/mol. The summed E-state index contributed by atoms with van der Waals surface area (Å²) in [6, 6.07) is 0. The Morgan fingerprint density at radius 3 is 2.00 bits per heavy atom. The van der Waals surface area contributed by atoms with Gasteiger partial charge in [0.1, 0.15) is 0 Å². The first-order valence-electron chi connectivity index (χ1n) is 3.42. The molecule has 0 aliphatic rings. The maximum Gasteiger partial charge on any atom is 0.225 e. The summed E-state index contributed by atoms with van der Waals surface area (Å²) >= 11 is 0. The third-order valence-corrected chi connectivity index (χ3v) is 1.31. The van der Waals surface area contributed by atoms with Crippen molar-refractivity contribution in [3.05, 3.63) is 0 Å². The lowest BCUT2D eigenvalue weighted by Crippen LogP contribution is -2.42. The summed E-state index contributed by atoms with van der Waals surface area (Å²) in [5.74, 6) is -0.243. The third kappa shape index (κ3) is 4.32. The normalized spacial score (nSPS) is 14.8. The van der Waals surface area contributed by atoms with E-state index in [1.54, 1.807) is 0 Å². The van der Waals surface area contributed by atoms with Gasteiger partial charge in [0.15, 0.2) is 0 Å². The van der Waals surface area contributed by atoms with Crippen LogP contribution in [-0.2, 0) is 4.79 Å². The molecule has 60 valence electrons. The van der Waals surface area contributed by atoms with E-state index in [1.165, 1.54) is 0 Å². The highest BCUT2D eigenvalue weighted by Crippen LogP contribution is 2.00. The van der Waals surface area contributed by atoms with Crippen LogP contribution in [0, 0.1) is 5.92 Å². The molecule has 0 aliphatic heterocycles. The van der Waals surface area contributed by atoms with E-state index in [1.807, 2.05) is 28.1 Å². The van der Waals surface area contributed by atoms with Crippen molar-refractivity contribution in [3.8, 4) is 0 Å². The lowest BCUT2D eigenvalue weighted by Gasteiger charge is -2.25. The topological polar surface area (TPSA) is 43.1 Å². The van der Waals surface area contributed by atoms with E-state index >= 15 is 0 Å². The minimum atomic E-state index is -0.215. The first-order valence-corrected chi connectivity index (χ1v) is 3.42. The molecular formula is C7H17N2O+. The molecule has 0 saturated heterocycles. The number of hydrogen-bond donors (Lipinski definition) is 1. The molecule has 0 heterocycles. The summed E-state index contributed by atoms with van der Waals surface area (Å²) in [5, 5.41) is 0. The first kappa shape index (κ1) is 9.43. The van der Waals surface area contributed by atoms with Crippen molar-refractivity contribution in [2.45, 2.75) is 6.92 Å². The third-order valence-electron chi connectivity index (χ3n) is 1.31. The van der Waals surface area contributed by atoms with Crippen LogP contribution in [0.5, 0.6) is 0 Å². The standard InChI is InChI=1S/C7H16N2O/c1-6(7(8)10)5-9(2,3)4/h6H,5H2,1-4H3,(H-,8,10)/p+1. The average Bonchev–Trinajstić information content (AvgIpc) is 1.60. The van der Waals surface area contributed by atoms with Gasteiger partial charge in [-0.15, -0.1) is 0 Å². The fraction of sp³-hybridized carbons (Fsp3) is 0.857. The van der Waals surface area contributed by atoms with Crippen LogP contribution >= 0.6 is 0 Å².